The van der Waals surface area contributed by atoms with Gasteiger partial charge in [0, 0.05) is 19.0 Å². The number of piperidine rings is 1. The van der Waals surface area contributed by atoms with E-state index in [0.717, 1.165) is 12.8 Å². The van der Waals surface area contributed by atoms with E-state index in [1.807, 2.05) is 13.8 Å². The largest absolute Gasteiger partial charge is 0.497 e. The summed E-state index contributed by atoms with van der Waals surface area (Å²) in [6.45, 7) is 5.94. The Hall–Kier alpha value is -1.68. The fourth-order valence-corrected chi connectivity index (χ4v) is 5.08. The highest BCUT2D eigenvalue weighted by molar-refractivity contribution is 7.89. The SMILES string of the molecule is COc1ccc(S(=O)(=O)N[C@H](C(=O)N2CCCC(C3OCCO3)C2)C(C)C)cc1. The molecule has 29 heavy (non-hydrogen) atoms. The highest BCUT2D eigenvalue weighted by atomic mass is 32.2. The third-order valence-corrected chi connectivity index (χ3v) is 6.84. The predicted octanol–water partition coefficient (Wildman–Crippen LogP) is 1.61. The van der Waals surface area contributed by atoms with Gasteiger partial charge in [-0.2, -0.15) is 4.72 Å². The number of ether oxygens (including phenoxy) is 3. The molecule has 3 rings (SSSR count). The summed E-state index contributed by atoms with van der Waals surface area (Å²) in [6, 6.07) is 5.25. The maximum atomic E-state index is 13.2. The van der Waals surface area contributed by atoms with E-state index >= 15 is 0 Å². The van der Waals surface area contributed by atoms with E-state index in [2.05, 4.69) is 4.72 Å². The molecule has 2 saturated heterocycles. The first kappa shape index (κ1) is 22.0. The maximum absolute atomic E-state index is 13.2. The Bertz CT molecular complexity index is 790. The van der Waals surface area contributed by atoms with Crippen LogP contribution in [0.3, 0.4) is 0 Å². The van der Waals surface area contributed by atoms with Crippen molar-refractivity contribution in [3.8, 4) is 5.75 Å². The van der Waals surface area contributed by atoms with Crippen LogP contribution in [0.5, 0.6) is 5.75 Å². The highest BCUT2D eigenvalue weighted by Gasteiger charge is 2.37. The van der Waals surface area contributed by atoms with E-state index < -0.39 is 16.1 Å². The molecule has 0 aromatic heterocycles. The van der Waals surface area contributed by atoms with E-state index in [1.54, 1.807) is 17.0 Å². The summed E-state index contributed by atoms with van der Waals surface area (Å²) in [4.78, 5) is 15.0. The third-order valence-electron chi connectivity index (χ3n) is 5.39. The van der Waals surface area contributed by atoms with Gasteiger partial charge in [-0.15, -0.1) is 0 Å². The summed E-state index contributed by atoms with van der Waals surface area (Å²) >= 11 is 0. The highest BCUT2D eigenvalue weighted by Crippen LogP contribution is 2.26. The zero-order valence-corrected chi connectivity index (χ0v) is 18.0. The van der Waals surface area contributed by atoms with Gasteiger partial charge in [0.25, 0.3) is 0 Å². The summed E-state index contributed by atoms with van der Waals surface area (Å²) in [6.07, 6.45) is 1.49. The summed E-state index contributed by atoms with van der Waals surface area (Å²) in [7, 11) is -2.33. The van der Waals surface area contributed by atoms with E-state index in [0.29, 0.717) is 32.1 Å². The van der Waals surface area contributed by atoms with Crippen LogP contribution in [0, 0.1) is 11.8 Å². The van der Waals surface area contributed by atoms with E-state index in [9.17, 15) is 13.2 Å². The average Bonchev–Trinajstić information content (AvgIpc) is 3.26. The standard InChI is InChI=1S/C20H30N2O6S/c1-14(2)18(21-29(24,25)17-8-6-16(26-3)7-9-17)19(23)22-10-4-5-15(13-22)20-27-11-12-28-20/h6-9,14-15,18,20-21H,4-5,10-13H2,1-3H3/t15?,18-/m0/s1. The van der Waals surface area contributed by atoms with E-state index in [1.165, 1.54) is 19.2 Å². The molecule has 2 aliphatic heterocycles. The fourth-order valence-electron chi connectivity index (χ4n) is 3.74. The second-order valence-electron chi connectivity index (χ2n) is 7.82. The molecule has 0 radical (unpaired) electrons. The van der Waals surface area contributed by atoms with Crippen LogP contribution in [0.2, 0.25) is 0 Å². The number of likely N-dealkylation sites (tertiary alicyclic amines) is 1. The Kier molecular flexibility index (Phi) is 7.15. The first-order chi connectivity index (χ1) is 13.8. The van der Waals surface area contributed by atoms with Crippen molar-refractivity contribution < 1.29 is 27.4 Å². The van der Waals surface area contributed by atoms with Crippen LogP contribution in [0.1, 0.15) is 26.7 Å². The van der Waals surface area contributed by atoms with Crippen molar-refractivity contribution in [1.29, 1.82) is 0 Å². The van der Waals surface area contributed by atoms with Gasteiger partial charge in [-0.1, -0.05) is 13.8 Å². The Morgan fingerprint density at radius 3 is 2.45 bits per heavy atom. The Morgan fingerprint density at radius 2 is 1.86 bits per heavy atom. The number of sulfonamides is 1. The van der Waals surface area contributed by atoms with Crippen molar-refractivity contribution in [3.05, 3.63) is 24.3 Å². The minimum Gasteiger partial charge on any atom is -0.497 e. The van der Waals surface area contributed by atoms with Crippen molar-refractivity contribution in [1.82, 2.24) is 9.62 Å². The smallest absolute Gasteiger partial charge is 0.241 e. The van der Waals surface area contributed by atoms with Crippen molar-refractivity contribution in [2.75, 3.05) is 33.4 Å². The molecule has 1 unspecified atom stereocenters. The van der Waals surface area contributed by atoms with Crippen molar-refractivity contribution in [3.63, 3.8) is 0 Å². The molecule has 1 N–H and O–H groups in total. The third kappa shape index (κ3) is 5.28. The molecule has 9 heteroatoms. The molecule has 0 saturated carbocycles. The summed E-state index contributed by atoms with van der Waals surface area (Å²) in [5.41, 5.74) is 0. The molecule has 0 spiro atoms. The first-order valence-corrected chi connectivity index (χ1v) is 11.5. The molecule has 2 heterocycles. The van der Waals surface area contributed by atoms with Crippen molar-refractivity contribution in [2.45, 2.75) is 43.9 Å². The lowest BCUT2D eigenvalue weighted by atomic mass is 9.95. The predicted molar refractivity (Wildman–Crippen MR) is 107 cm³/mol. The molecular weight excluding hydrogens is 396 g/mol. The van der Waals surface area contributed by atoms with Crippen LogP contribution in [-0.4, -0.2) is 65.0 Å². The molecule has 1 aromatic carbocycles. The number of nitrogens with zero attached hydrogens (tertiary/aromatic N) is 1. The molecule has 1 amide bonds. The number of nitrogens with one attached hydrogen (secondary N) is 1. The molecule has 2 atom stereocenters. The summed E-state index contributed by atoms with van der Waals surface area (Å²) in [5.74, 6) is 0.270. The average molecular weight is 427 g/mol. The van der Waals surface area contributed by atoms with Gasteiger partial charge in [0.05, 0.1) is 25.2 Å². The number of carbonyl (C=O) groups excluding carboxylic acids is 1. The minimum absolute atomic E-state index is 0.0982. The summed E-state index contributed by atoms with van der Waals surface area (Å²) < 4.78 is 44.6. The molecule has 2 aliphatic rings. The van der Waals surface area contributed by atoms with Crippen molar-refractivity contribution >= 4 is 15.9 Å². The molecule has 0 bridgehead atoms. The number of methoxy groups -OCH3 is 1. The quantitative estimate of drug-likeness (QED) is 0.712. The van der Waals surface area contributed by atoms with Crippen LogP contribution >= 0.6 is 0 Å². The van der Waals surface area contributed by atoms with Crippen LogP contribution in [0.25, 0.3) is 0 Å². The van der Waals surface area contributed by atoms with Gasteiger partial charge in [0.15, 0.2) is 6.29 Å². The zero-order valence-electron chi connectivity index (χ0n) is 17.2. The molecular formula is C20H30N2O6S. The lowest BCUT2D eigenvalue weighted by Gasteiger charge is -2.37. The maximum Gasteiger partial charge on any atom is 0.241 e. The molecule has 1 aromatic rings. The number of hydrogen-bond donors (Lipinski definition) is 1. The van der Waals surface area contributed by atoms with Gasteiger partial charge >= 0.3 is 0 Å². The Morgan fingerprint density at radius 1 is 1.21 bits per heavy atom. The van der Waals surface area contributed by atoms with Gasteiger partial charge in [-0.25, -0.2) is 8.42 Å². The van der Waals surface area contributed by atoms with Crippen LogP contribution in [0.15, 0.2) is 29.2 Å². The van der Waals surface area contributed by atoms with Crippen LogP contribution in [0.4, 0.5) is 0 Å². The van der Waals surface area contributed by atoms with Crippen LogP contribution < -0.4 is 9.46 Å². The minimum atomic E-state index is -3.84. The molecule has 162 valence electrons. The number of amides is 1. The van der Waals surface area contributed by atoms with Gasteiger partial charge in [0.1, 0.15) is 11.8 Å². The van der Waals surface area contributed by atoms with Gasteiger partial charge in [0.2, 0.25) is 15.9 Å². The zero-order chi connectivity index (χ0) is 21.0. The van der Waals surface area contributed by atoms with Gasteiger partial charge in [-0.3, -0.25) is 4.79 Å². The number of hydrogen-bond acceptors (Lipinski definition) is 6. The van der Waals surface area contributed by atoms with Gasteiger partial charge < -0.3 is 19.1 Å². The van der Waals surface area contributed by atoms with Crippen molar-refractivity contribution in [2.24, 2.45) is 11.8 Å². The van der Waals surface area contributed by atoms with E-state index in [-0.39, 0.29) is 28.9 Å². The Labute approximate surface area is 172 Å². The number of carbonyl (C=O) groups is 1. The second-order valence-corrected chi connectivity index (χ2v) is 9.53. The molecule has 2 fully saturated rings. The second kappa shape index (κ2) is 9.42. The first-order valence-electron chi connectivity index (χ1n) is 10.00. The number of rotatable bonds is 7. The summed E-state index contributed by atoms with van der Waals surface area (Å²) in [5, 5.41) is 0. The molecule has 0 aliphatic carbocycles. The number of benzene rings is 1. The lowest BCUT2D eigenvalue weighted by molar-refractivity contribution is -0.141. The lowest BCUT2D eigenvalue weighted by Crippen LogP contribution is -2.54. The molecule has 8 nitrogen and oxygen atoms in total. The van der Waals surface area contributed by atoms with E-state index in [4.69, 9.17) is 14.2 Å². The van der Waals surface area contributed by atoms with Gasteiger partial charge in [-0.05, 0) is 43.0 Å². The normalized spacial score (nSPS) is 22.1. The van der Waals surface area contributed by atoms with Crippen LogP contribution in [-0.2, 0) is 24.3 Å². The topological polar surface area (TPSA) is 94.2 Å². The Balaban J connectivity index is 1.71. The monoisotopic (exact) mass is 426 g/mol. The fraction of sp³-hybridized carbons (Fsp3) is 0.650.